The number of benzene rings is 1. The van der Waals surface area contributed by atoms with Gasteiger partial charge in [-0.3, -0.25) is 4.98 Å². The SMILES string of the molecule is CCCCCCNc1ccc2ncccc2c1N. The molecule has 0 aliphatic carbocycles. The Kier molecular flexibility index (Phi) is 4.40. The molecule has 96 valence electrons. The van der Waals surface area contributed by atoms with E-state index in [4.69, 9.17) is 5.73 Å². The third-order valence-electron chi connectivity index (χ3n) is 3.17. The van der Waals surface area contributed by atoms with Crippen molar-refractivity contribution in [3.05, 3.63) is 30.5 Å². The first-order valence-corrected chi connectivity index (χ1v) is 6.70. The molecule has 0 aliphatic rings. The lowest BCUT2D eigenvalue weighted by molar-refractivity contribution is 0.685. The van der Waals surface area contributed by atoms with Crippen LogP contribution in [-0.4, -0.2) is 11.5 Å². The van der Waals surface area contributed by atoms with Crippen LogP contribution >= 0.6 is 0 Å². The molecule has 1 heterocycles. The molecule has 0 amide bonds. The zero-order valence-electron chi connectivity index (χ0n) is 10.9. The maximum atomic E-state index is 6.16. The van der Waals surface area contributed by atoms with Crippen molar-refractivity contribution in [2.24, 2.45) is 0 Å². The van der Waals surface area contributed by atoms with Crippen LogP contribution in [0, 0.1) is 0 Å². The number of pyridine rings is 1. The van der Waals surface area contributed by atoms with Gasteiger partial charge in [0.1, 0.15) is 0 Å². The number of nitrogens with two attached hydrogens (primary N) is 1. The highest BCUT2D eigenvalue weighted by Crippen LogP contribution is 2.27. The van der Waals surface area contributed by atoms with Crippen LogP contribution in [0.2, 0.25) is 0 Å². The molecule has 2 rings (SSSR count). The summed E-state index contributed by atoms with van der Waals surface area (Å²) in [5.74, 6) is 0. The summed E-state index contributed by atoms with van der Waals surface area (Å²) in [6.45, 7) is 3.21. The second-order valence-electron chi connectivity index (χ2n) is 4.58. The van der Waals surface area contributed by atoms with Gasteiger partial charge in [0.15, 0.2) is 0 Å². The van der Waals surface area contributed by atoms with Gasteiger partial charge in [0.05, 0.1) is 16.9 Å². The molecule has 0 spiro atoms. The van der Waals surface area contributed by atoms with Gasteiger partial charge < -0.3 is 11.1 Å². The Hall–Kier alpha value is -1.77. The summed E-state index contributed by atoms with van der Waals surface area (Å²) in [7, 11) is 0. The lowest BCUT2D eigenvalue weighted by Gasteiger charge is -2.11. The minimum Gasteiger partial charge on any atom is -0.397 e. The molecule has 0 fully saturated rings. The van der Waals surface area contributed by atoms with Gasteiger partial charge in [0, 0.05) is 18.1 Å². The minimum absolute atomic E-state index is 0.802. The molecule has 0 radical (unpaired) electrons. The smallest absolute Gasteiger partial charge is 0.0724 e. The number of aromatic nitrogens is 1. The lowest BCUT2D eigenvalue weighted by Crippen LogP contribution is -2.04. The van der Waals surface area contributed by atoms with Gasteiger partial charge in [0.25, 0.3) is 0 Å². The van der Waals surface area contributed by atoms with Gasteiger partial charge >= 0.3 is 0 Å². The summed E-state index contributed by atoms with van der Waals surface area (Å²) in [6.07, 6.45) is 6.83. The number of anilines is 2. The van der Waals surface area contributed by atoms with Crippen molar-refractivity contribution in [1.82, 2.24) is 4.98 Å². The average Bonchev–Trinajstić information content (AvgIpc) is 2.41. The van der Waals surface area contributed by atoms with E-state index >= 15 is 0 Å². The summed E-state index contributed by atoms with van der Waals surface area (Å²) in [4.78, 5) is 4.30. The van der Waals surface area contributed by atoms with Crippen molar-refractivity contribution >= 4 is 22.3 Å². The number of hydrogen-bond donors (Lipinski definition) is 2. The first kappa shape index (κ1) is 12.7. The summed E-state index contributed by atoms with van der Waals surface area (Å²) in [5.41, 5.74) is 8.93. The number of rotatable bonds is 6. The van der Waals surface area contributed by atoms with E-state index in [1.165, 1.54) is 25.7 Å². The molecule has 1 aromatic carbocycles. The number of unbranched alkanes of at least 4 members (excludes halogenated alkanes) is 3. The van der Waals surface area contributed by atoms with Crippen molar-refractivity contribution < 1.29 is 0 Å². The molecular weight excluding hydrogens is 222 g/mol. The molecule has 0 saturated carbocycles. The first-order chi connectivity index (χ1) is 8.83. The Labute approximate surface area is 108 Å². The first-order valence-electron chi connectivity index (χ1n) is 6.70. The normalized spacial score (nSPS) is 10.7. The number of hydrogen-bond acceptors (Lipinski definition) is 3. The fraction of sp³-hybridized carbons (Fsp3) is 0.400. The van der Waals surface area contributed by atoms with Crippen molar-refractivity contribution in [2.45, 2.75) is 32.6 Å². The summed E-state index contributed by atoms with van der Waals surface area (Å²) in [6, 6.07) is 7.97. The fourth-order valence-electron chi connectivity index (χ4n) is 2.10. The Morgan fingerprint density at radius 1 is 1.17 bits per heavy atom. The highest BCUT2D eigenvalue weighted by molar-refractivity contribution is 5.96. The molecule has 3 N–H and O–H groups in total. The summed E-state index contributed by atoms with van der Waals surface area (Å²) < 4.78 is 0. The van der Waals surface area contributed by atoms with Crippen molar-refractivity contribution in [2.75, 3.05) is 17.6 Å². The van der Waals surface area contributed by atoms with E-state index in [9.17, 15) is 0 Å². The van der Waals surface area contributed by atoms with Gasteiger partial charge in [-0.25, -0.2) is 0 Å². The molecule has 0 saturated heterocycles. The second-order valence-corrected chi connectivity index (χ2v) is 4.58. The van der Waals surface area contributed by atoms with Gasteiger partial charge in [-0.15, -0.1) is 0 Å². The van der Waals surface area contributed by atoms with Crippen LogP contribution < -0.4 is 11.1 Å². The zero-order chi connectivity index (χ0) is 12.8. The minimum atomic E-state index is 0.802. The van der Waals surface area contributed by atoms with Crippen molar-refractivity contribution in [1.29, 1.82) is 0 Å². The van der Waals surface area contributed by atoms with Crippen LogP contribution in [0.1, 0.15) is 32.6 Å². The van der Waals surface area contributed by atoms with E-state index in [0.717, 1.165) is 28.8 Å². The lowest BCUT2D eigenvalue weighted by atomic mass is 10.1. The van der Waals surface area contributed by atoms with Crippen LogP contribution in [0.25, 0.3) is 10.9 Å². The van der Waals surface area contributed by atoms with Crippen LogP contribution in [0.3, 0.4) is 0 Å². The molecule has 0 bridgehead atoms. The number of nitrogen functional groups attached to an aromatic ring is 1. The topological polar surface area (TPSA) is 50.9 Å². The molecular formula is C15H21N3. The van der Waals surface area contributed by atoms with Crippen LogP contribution in [0.5, 0.6) is 0 Å². The molecule has 0 aliphatic heterocycles. The molecule has 18 heavy (non-hydrogen) atoms. The van der Waals surface area contributed by atoms with Gasteiger partial charge in [-0.1, -0.05) is 26.2 Å². The molecule has 3 nitrogen and oxygen atoms in total. The monoisotopic (exact) mass is 243 g/mol. The Morgan fingerprint density at radius 2 is 2.06 bits per heavy atom. The third kappa shape index (κ3) is 2.92. The van der Waals surface area contributed by atoms with Gasteiger partial charge in [-0.2, -0.15) is 0 Å². The zero-order valence-corrected chi connectivity index (χ0v) is 10.9. The highest BCUT2D eigenvalue weighted by atomic mass is 14.9. The predicted molar refractivity (Wildman–Crippen MR) is 78.8 cm³/mol. The van der Waals surface area contributed by atoms with Gasteiger partial charge in [-0.05, 0) is 30.7 Å². The predicted octanol–water partition coefficient (Wildman–Crippen LogP) is 3.81. The second kappa shape index (κ2) is 6.24. The Balaban J connectivity index is 2.03. The van der Waals surface area contributed by atoms with E-state index in [1.807, 2.05) is 24.3 Å². The number of nitrogens with zero attached hydrogens (tertiary/aromatic N) is 1. The number of nitrogens with one attached hydrogen (secondary N) is 1. The van der Waals surface area contributed by atoms with Crippen LogP contribution in [-0.2, 0) is 0 Å². The average molecular weight is 243 g/mol. The number of fused-ring (bicyclic) bond motifs is 1. The summed E-state index contributed by atoms with van der Waals surface area (Å²) in [5, 5.41) is 4.44. The highest BCUT2D eigenvalue weighted by Gasteiger charge is 2.03. The third-order valence-corrected chi connectivity index (χ3v) is 3.17. The molecule has 0 unspecified atom stereocenters. The van der Waals surface area contributed by atoms with E-state index in [0.29, 0.717) is 0 Å². The van der Waals surface area contributed by atoms with Crippen LogP contribution in [0.4, 0.5) is 11.4 Å². The maximum absolute atomic E-state index is 6.16. The van der Waals surface area contributed by atoms with E-state index in [2.05, 4.69) is 17.2 Å². The standard InChI is InChI=1S/C15H21N3/c1-2-3-4-5-10-18-14-9-8-13-12(15(14)16)7-6-11-17-13/h6-9,11,18H,2-5,10,16H2,1H3. The quantitative estimate of drug-likeness (QED) is 0.599. The van der Waals surface area contributed by atoms with Crippen molar-refractivity contribution in [3.8, 4) is 0 Å². The van der Waals surface area contributed by atoms with Gasteiger partial charge in [0.2, 0.25) is 0 Å². The fourth-order valence-corrected chi connectivity index (χ4v) is 2.10. The largest absolute Gasteiger partial charge is 0.397 e. The maximum Gasteiger partial charge on any atom is 0.0724 e. The van der Waals surface area contributed by atoms with Crippen LogP contribution in [0.15, 0.2) is 30.5 Å². The molecule has 2 aromatic rings. The Morgan fingerprint density at radius 3 is 2.89 bits per heavy atom. The molecule has 1 aromatic heterocycles. The molecule has 0 atom stereocenters. The van der Waals surface area contributed by atoms with E-state index in [-0.39, 0.29) is 0 Å². The van der Waals surface area contributed by atoms with E-state index < -0.39 is 0 Å². The summed E-state index contributed by atoms with van der Waals surface area (Å²) >= 11 is 0. The van der Waals surface area contributed by atoms with E-state index in [1.54, 1.807) is 6.20 Å². The molecule has 3 heteroatoms. The Bertz CT molecular complexity index is 508. The van der Waals surface area contributed by atoms with Crippen molar-refractivity contribution in [3.63, 3.8) is 0 Å².